The number of benzene rings is 1. The van der Waals surface area contributed by atoms with Crippen LogP contribution in [-0.2, 0) is 11.3 Å². The molecule has 1 aliphatic heterocycles. The van der Waals surface area contributed by atoms with Crippen LogP contribution < -0.4 is 15.4 Å². The summed E-state index contributed by atoms with van der Waals surface area (Å²) < 4.78 is 11.5. The molecule has 1 aliphatic rings. The summed E-state index contributed by atoms with van der Waals surface area (Å²) in [6, 6.07) is 8.02. The van der Waals surface area contributed by atoms with Gasteiger partial charge >= 0.3 is 0 Å². The average Bonchev–Trinajstić information content (AvgIpc) is 2.63. The molecule has 2 unspecified atom stereocenters. The third-order valence-electron chi connectivity index (χ3n) is 4.77. The second-order valence-corrected chi connectivity index (χ2v) is 7.95. The van der Waals surface area contributed by atoms with Crippen molar-refractivity contribution in [1.82, 2.24) is 10.6 Å². The molecule has 0 bridgehead atoms. The number of hydrogen-bond donors (Lipinski definition) is 2. The number of para-hydroxylation sites is 1. The molecule has 1 aromatic carbocycles. The molecule has 146 valence electrons. The van der Waals surface area contributed by atoms with Crippen LogP contribution in [0.5, 0.6) is 5.75 Å². The first-order valence-corrected chi connectivity index (χ1v) is 9.71. The Morgan fingerprint density at radius 2 is 2.04 bits per heavy atom. The topological polar surface area (TPSA) is 54.9 Å². The molecule has 0 radical (unpaired) electrons. The van der Waals surface area contributed by atoms with E-state index in [0.29, 0.717) is 12.5 Å². The highest BCUT2D eigenvalue weighted by Crippen LogP contribution is 2.33. The molecule has 2 rings (SSSR count). The second-order valence-electron chi connectivity index (χ2n) is 7.95. The van der Waals surface area contributed by atoms with E-state index >= 15 is 0 Å². The molecule has 5 nitrogen and oxygen atoms in total. The summed E-state index contributed by atoms with van der Waals surface area (Å²) in [5.41, 5.74) is 1.24. The number of nitrogens with zero attached hydrogens (tertiary/aromatic N) is 1. The van der Waals surface area contributed by atoms with Gasteiger partial charge in [0, 0.05) is 31.2 Å². The van der Waals surface area contributed by atoms with Crippen LogP contribution in [0.3, 0.4) is 0 Å². The predicted molar refractivity (Wildman–Crippen MR) is 108 cm³/mol. The number of hydrogen-bond acceptors (Lipinski definition) is 3. The van der Waals surface area contributed by atoms with Crippen LogP contribution in [-0.4, -0.2) is 38.9 Å². The molecular weight excluding hydrogens is 326 g/mol. The number of ether oxygens (including phenoxy) is 2. The van der Waals surface area contributed by atoms with Gasteiger partial charge in [-0.2, -0.15) is 0 Å². The smallest absolute Gasteiger partial charge is 0.191 e. The quantitative estimate of drug-likeness (QED) is 0.600. The second kappa shape index (κ2) is 9.81. The predicted octanol–water partition coefficient (Wildman–Crippen LogP) is 3.59. The fourth-order valence-corrected chi connectivity index (χ4v) is 3.58. The van der Waals surface area contributed by atoms with Gasteiger partial charge in [-0.05, 0) is 31.2 Å². The zero-order chi connectivity index (χ0) is 19.0. The molecule has 0 aliphatic carbocycles. The third kappa shape index (κ3) is 5.90. The van der Waals surface area contributed by atoms with Gasteiger partial charge in [0.05, 0.1) is 19.8 Å². The highest BCUT2D eigenvalue weighted by Gasteiger charge is 2.35. The highest BCUT2D eigenvalue weighted by atomic mass is 16.5. The lowest BCUT2D eigenvalue weighted by atomic mass is 9.78. The van der Waals surface area contributed by atoms with Crippen molar-refractivity contribution >= 4 is 5.96 Å². The molecule has 1 saturated heterocycles. The SMILES string of the molecule is CCNC(=NCc1ccccc1OC)NCC1CCCOC1C(C)(C)C. The summed E-state index contributed by atoms with van der Waals surface area (Å²) in [6.07, 6.45) is 2.61. The molecule has 26 heavy (non-hydrogen) atoms. The minimum Gasteiger partial charge on any atom is -0.496 e. The molecule has 1 fully saturated rings. The van der Waals surface area contributed by atoms with Crippen LogP contribution in [0.25, 0.3) is 0 Å². The maximum Gasteiger partial charge on any atom is 0.191 e. The van der Waals surface area contributed by atoms with Crippen molar-refractivity contribution in [3.63, 3.8) is 0 Å². The lowest BCUT2D eigenvalue weighted by Gasteiger charge is -2.40. The van der Waals surface area contributed by atoms with E-state index in [0.717, 1.165) is 43.4 Å². The minimum atomic E-state index is 0.152. The van der Waals surface area contributed by atoms with Gasteiger partial charge in [-0.1, -0.05) is 39.0 Å². The van der Waals surface area contributed by atoms with Gasteiger partial charge in [0.25, 0.3) is 0 Å². The minimum absolute atomic E-state index is 0.152. The summed E-state index contributed by atoms with van der Waals surface area (Å²) in [5, 5.41) is 6.86. The fourth-order valence-electron chi connectivity index (χ4n) is 3.58. The summed E-state index contributed by atoms with van der Waals surface area (Å²) in [7, 11) is 1.70. The standard InChI is InChI=1S/C21H35N3O2/c1-6-22-20(23-14-16-10-7-8-12-18(16)25-5)24-15-17-11-9-13-26-19(17)21(2,3)4/h7-8,10,12,17,19H,6,9,11,13-15H2,1-5H3,(H2,22,23,24). The van der Waals surface area contributed by atoms with Gasteiger partial charge in [-0.15, -0.1) is 0 Å². The first kappa shape index (κ1) is 20.6. The average molecular weight is 362 g/mol. The maximum atomic E-state index is 6.09. The van der Waals surface area contributed by atoms with Crippen LogP contribution in [0.4, 0.5) is 0 Å². The summed E-state index contributed by atoms with van der Waals surface area (Å²) in [5.74, 6) is 2.22. The zero-order valence-corrected chi connectivity index (χ0v) is 17.0. The normalized spacial score (nSPS) is 21.3. The first-order valence-electron chi connectivity index (χ1n) is 9.71. The largest absolute Gasteiger partial charge is 0.496 e. The summed E-state index contributed by atoms with van der Waals surface area (Å²) >= 11 is 0. The van der Waals surface area contributed by atoms with Crippen LogP contribution in [0, 0.1) is 11.3 Å². The number of aliphatic imine (C=N–C) groups is 1. The Morgan fingerprint density at radius 1 is 1.27 bits per heavy atom. The molecule has 2 atom stereocenters. The Bertz CT molecular complexity index is 581. The molecule has 0 amide bonds. The van der Waals surface area contributed by atoms with Gasteiger partial charge < -0.3 is 20.1 Å². The fraction of sp³-hybridized carbons (Fsp3) is 0.667. The van der Waals surface area contributed by atoms with E-state index in [9.17, 15) is 0 Å². The number of methoxy groups -OCH3 is 1. The Labute approximate surface area is 158 Å². The van der Waals surface area contributed by atoms with Gasteiger partial charge in [0.1, 0.15) is 5.75 Å². The van der Waals surface area contributed by atoms with Gasteiger partial charge in [0.2, 0.25) is 0 Å². The zero-order valence-electron chi connectivity index (χ0n) is 17.0. The van der Waals surface area contributed by atoms with Crippen molar-refractivity contribution in [1.29, 1.82) is 0 Å². The number of nitrogens with one attached hydrogen (secondary N) is 2. The van der Waals surface area contributed by atoms with E-state index in [1.54, 1.807) is 7.11 Å². The first-order chi connectivity index (χ1) is 12.5. The van der Waals surface area contributed by atoms with E-state index in [-0.39, 0.29) is 11.5 Å². The summed E-state index contributed by atoms with van der Waals surface area (Å²) in [6.45, 7) is 12.0. The molecule has 5 heteroatoms. The van der Waals surface area contributed by atoms with E-state index in [1.165, 1.54) is 6.42 Å². The van der Waals surface area contributed by atoms with E-state index < -0.39 is 0 Å². The van der Waals surface area contributed by atoms with E-state index in [4.69, 9.17) is 14.5 Å². The molecule has 1 heterocycles. The Morgan fingerprint density at radius 3 is 2.73 bits per heavy atom. The van der Waals surface area contributed by atoms with Crippen LogP contribution in [0.1, 0.15) is 46.1 Å². The van der Waals surface area contributed by atoms with Crippen molar-refractivity contribution in [2.24, 2.45) is 16.3 Å². The van der Waals surface area contributed by atoms with Crippen molar-refractivity contribution in [3.05, 3.63) is 29.8 Å². The summed E-state index contributed by atoms with van der Waals surface area (Å²) in [4.78, 5) is 4.74. The molecule has 0 spiro atoms. The monoisotopic (exact) mass is 361 g/mol. The Hall–Kier alpha value is -1.75. The van der Waals surface area contributed by atoms with Crippen molar-refractivity contribution in [2.45, 2.75) is 53.2 Å². The molecular formula is C21H35N3O2. The lowest BCUT2D eigenvalue weighted by Crippen LogP contribution is -2.47. The van der Waals surface area contributed by atoms with Gasteiger partial charge in [0.15, 0.2) is 5.96 Å². The molecule has 1 aromatic rings. The van der Waals surface area contributed by atoms with Crippen LogP contribution >= 0.6 is 0 Å². The Kier molecular flexibility index (Phi) is 7.76. The molecule has 0 saturated carbocycles. The third-order valence-corrected chi connectivity index (χ3v) is 4.77. The number of guanidine groups is 1. The molecule has 0 aromatic heterocycles. The van der Waals surface area contributed by atoms with E-state index in [2.05, 4.69) is 44.4 Å². The highest BCUT2D eigenvalue weighted by molar-refractivity contribution is 5.79. The number of rotatable bonds is 6. The lowest BCUT2D eigenvalue weighted by molar-refractivity contribution is -0.0835. The van der Waals surface area contributed by atoms with Gasteiger partial charge in [-0.25, -0.2) is 4.99 Å². The van der Waals surface area contributed by atoms with Crippen molar-refractivity contribution < 1.29 is 9.47 Å². The van der Waals surface area contributed by atoms with Gasteiger partial charge in [-0.3, -0.25) is 0 Å². The maximum absolute atomic E-state index is 6.09. The van der Waals surface area contributed by atoms with Crippen LogP contribution in [0.2, 0.25) is 0 Å². The van der Waals surface area contributed by atoms with Crippen LogP contribution in [0.15, 0.2) is 29.3 Å². The Balaban J connectivity index is 2.00. The molecule has 2 N–H and O–H groups in total. The van der Waals surface area contributed by atoms with Crippen molar-refractivity contribution in [3.8, 4) is 5.75 Å². The van der Waals surface area contributed by atoms with Crippen molar-refractivity contribution in [2.75, 3.05) is 26.8 Å². The van der Waals surface area contributed by atoms with E-state index in [1.807, 2.05) is 18.2 Å².